The van der Waals surface area contributed by atoms with Gasteiger partial charge in [0.15, 0.2) is 0 Å². The van der Waals surface area contributed by atoms with Crippen LogP contribution in [0.3, 0.4) is 0 Å². The number of amides is 2. The lowest BCUT2D eigenvalue weighted by Crippen LogP contribution is -3.18. The first-order valence-electron chi connectivity index (χ1n) is 8.00. The Kier molecular flexibility index (Phi) is 5.72. The number of thioether (sulfide) groups is 1. The first kappa shape index (κ1) is 17.2. The number of hydrogen-bond donors (Lipinski definition) is 3. The molecule has 7 nitrogen and oxygen atoms in total. The SMILES string of the molecule is COCCNC(=O)c1ccc2c(c1)NC(=O)C([NH+]1CCOCC1)S2. The summed E-state index contributed by atoms with van der Waals surface area (Å²) in [6.45, 7) is 3.96. The molecule has 3 N–H and O–H groups in total. The van der Waals surface area contributed by atoms with Gasteiger partial charge in [0.05, 0.1) is 25.5 Å². The van der Waals surface area contributed by atoms with Crippen molar-refractivity contribution in [3.8, 4) is 0 Å². The molecular formula is C16H22N3O4S+. The van der Waals surface area contributed by atoms with Crippen LogP contribution in [-0.4, -0.2) is 63.8 Å². The average Bonchev–Trinajstić information content (AvgIpc) is 2.61. The van der Waals surface area contributed by atoms with Gasteiger partial charge < -0.3 is 25.0 Å². The third-order valence-corrected chi connectivity index (χ3v) is 5.47. The van der Waals surface area contributed by atoms with Crippen LogP contribution >= 0.6 is 11.8 Å². The summed E-state index contributed by atoms with van der Waals surface area (Å²) in [5.74, 6) is -0.184. The Bertz CT molecular complexity index is 619. The molecule has 0 radical (unpaired) electrons. The minimum atomic E-state index is -0.171. The van der Waals surface area contributed by atoms with Crippen LogP contribution in [0.2, 0.25) is 0 Å². The van der Waals surface area contributed by atoms with Gasteiger partial charge >= 0.3 is 0 Å². The van der Waals surface area contributed by atoms with Gasteiger partial charge in [-0.05, 0) is 18.2 Å². The molecule has 0 spiro atoms. The number of rotatable bonds is 5. The summed E-state index contributed by atoms with van der Waals surface area (Å²) in [6, 6.07) is 5.42. The molecule has 24 heavy (non-hydrogen) atoms. The minimum Gasteiger partial charge on any atom is -0.383 e. The second kappa shape index (κ2) is 7.98. The highest BCUT2D eigenvalue weighted by Crippen LogP contribution is 2.34. The molecule has 0 saturated carbocycles. The third-order valence-electron chi connectivity index (χ3n) is 4.08. The Morgan fingerprint density at radius 2 is 2.25 bits per heavy atom. The summed E-state index contributed by atoms with van der Waals surface area (Å²) in [5.41, 5.74) is 1.23. The molecule has 1 atom stereocenters. The van der Waals surface area contributed by atoms with Gasteiger partial charge in [0, 0.05) is 24.1 Å². The minimum absolute atomic E-state index is 0.0126. The molecule has 1 aromatic carbocycles. The molecule has 130 valence electrons. The van der Waals surface area contributed by atoms with E-state index in [1.807, 2.05) is 6.07 Å². The Balaban J connectivity index is 1.69. The number of quaternary nitrogens is 1. The van der Waals surface area contributed by atoms with E-state index in [4.69, 9.17) is 9.47 Å². The maximum absolute atomic E-state index is 12.4. The third kappa shape index (κ3) is 3.89. The number of hydrogen-bond acceptors (Lipinski definition) is 5. The molecular weight excluding hydrogens is 330 g/mol. The molecule has 8 heteroatoms. The molecule has 0 aliphatic carbocycles. The molecule has 1 fully saturated rings. The number of nitrogens with one attached hydrogen (secondary N) is 3. The van der Waals surface area contributed by atoms with Crippen LogP contribution in [0.15, 0.2) is 23.1 Å². The van der Waals surface area contributed by atoms with Crippen molar-refractivity contribution in [3.05, 3.63) is 23.8 Å². The van der Waals surface area contributed by atoms with E-state index in [9.17, 15) is 9.59 Å². The lowest BCUT2D eigenvalue weighted by atomic mass is 10.2. The van der Waals surface area contributed by atoms with E-state index in [-0.39, 0.29) is 17.2 Å². The number of carbonyl (C=O) groups is 2. The van der Waals surface area contributed by atoms with Crippen LogP contribution in [0.5, 0.6) is 0 Å². The fourth-order valence-electron chi connectivity index (χ4n) is 2.78. The summed E-state index contributed by atoms with van der Waals surface area (Å²) in [7, 11) is 1.59. The van der Waals surface area contributed by atoms with E-state index in [0.29, 0.717) is 37.6 Å². The number of ether oxygens (including phenoxy) is 2. The zero-order chi connectivity index (χ0) is 16.9. The first-order valence-corrected chi connectivity index (χ1v) is 8.88. The van der Waals surface area contributed by atoms with E-state index in [0.717, 1.165) is 18.0 Å². The Morgan fingerprint density at radius 3 is 3.00 bits per heavy atom. The van der Waals surface area contributed by atoms with E-state index in [2.05, 4.69) is 10.6 Å². The topological polar surface area (TPSA) is 81.1 Å². The molecule has 3 rings (SSSR count). The monoisotopic (exact) mass is 352 g/mol. The zero-order valence-corrected chi connectivity index (χ0v) is 14.4. The largest absolute Gasteiger partial charge is 0.383 e. The average molecular weight is 352 g/mol. The molecule has 0 bridgehead atoms. The van der Waals surface area contributed by atoms with Gasteiger partial charge in [-0.1, -0.05) is 11.8 Å². The summed E-state index contributed by atoms with van der Waals surface area (Å²) < 4.78 is 10.3. The van der Waals surface area contributed by atoms with E-state index in [1.165, 1.54) is 4.90 Å². The molecule has 2 heterocycles. The van der Waals surface area contributed by atoms with Crippen molar-refractivity contribution in [1.82, 2.24) is 5.32 Å². The lowest BCUT2D eigenvalue weighted by molar-refractivity contribution is -0.909. The maximum Gasteiger partial charge on any atom is 0.294 e. The van der Waals surface area contributed by atoms with Gasteiger partial charge in [-0.15, -0.1) is 0 Å². The summed E-state index contributed by atoms with van der Waals surface area (Å²) in [4.78, 5) is 26.8. The Labute approximate surface area is 145 Å². The van der Waals surface area contributed by atoms with Gasteiger partial charge in [0.25, 0.3) is 11.8 Å². The van der Waals surface area contributed by atoms with Crippen molar-refractivity contribution in [2.75, 3.05) is 51.9 Å². The van der Waals surface area contributed by atoms with Crippen LogP contribution in [0.4, 0.5) is 5.69 Å². The van der Waals surface area contributed by atoms with Crippen LogP contribution in [-0.2, 0) is 14.3 Å². The predicted molar refractivity (Wildman–Crippen MR) is 90.4 cm³/mol. The fourth-order valence-corrected chi connectivity index (χ4v) is 3.99. The Morgan fingerprint density at radius 1 is 1.46 bits per heavy atom. The molecule has 2 aliphatic rings. The molecule has 2 aliphatic heterocycles. The van der Waals surface area contributed by atoms with Crippen molar-refractivity contribution in [1.29, 1.82) is 0 Å². The Hall–Kier alpha value is -1.61. The zero-order valence-electron chi connectivity index (χ0n) is 13.6. The maximum atomic E-state index is 12.4. The lowest BCUT2D eigenvalue weighted by Gasteiger charge is -2.32. The smallest absolute Gasteiger partial charge is 0.294 e. The number of morpholine rings is 1. The normalized spacial score (nSPS) is 21.0. The predicted octanol–water partition coefficient (Wildman–Crippen LogP) is -0.652. The number of carbonyl (C=O) groups excluding carboxylic acids is 2. The summed E-state index contributed by atoms with van der Waals surface area (Å²) >= 11 is 1.56. The van der Waals surface area contributed by atoms with E-state index >= 15 is 0 Å². The molecule has 1 saturated heterocycles. The van der Waals surface area contributed by atoms with Gasteiger partial charge in [0.2, 0.25) is 5.37 Å². The first-order chi connectivity index (χ1) is 11.7. The quantitative estimate of drug-likeness (QED) is 0.614. The van der Waals surface area contributed by atoms with Crippen LogP contribution < -0.4 is 15.5 Å². The van der Waals surface area contributed by atoms with Crippen LogP contribution in [0.1, 0.15) is 10.4 Å². The molecule has 0 aromatic heterocycles. The standard InChI is InChI=1S/C16H21N3O4S/c1-22-7-4-17-14(20)11-2-3-13-12(10-11)18-15(21)16(24-13)19-5-8-23-9-6-19/h2-3,10,16H,4-9H2,1H3,(H,17,20)(H,18,21)/p+1. The summed E-state index contributed by atoms with van der Waals surface area (Å²) in [6.07, 6.45) is 0. The molecule has 1 aromatic rings. The van der Waals surface area contributed by atoms with Gasteiger partial charge in [-0.25, -0.2) is 0 Å². The highest BCUT2D eigenvalue weighted by molar-refractivity contribution is 8.00. The summed E-state index contributed by atoms with van der Waals surface area (Å²) in [5, 5.41) is 5.56. The fraction of sp³-hybridized carbons (Fsp3) is 0.500. The van der Waals surface area contributed by atoms with Crippen molar-refractivity contribution in [3.63, 3.8) is 0 Å². The van der Waals surface area contributed by atoms with Crippen molar-refractivity contribution in [2.24, 2.45) is 0 Å². The number of anilines is 1. The van der Waals surface area contributed by atoms with Crippen LogP contribution in [0.25, 0.3) is 0 Å². The van der Waals surface area contributed by atoms with E-state index in [1.54, 1.807) is 31.0 Å². The van der Waals surface area contributed by atoms with E-state index < -0.39 is 0 Å². The van der Waals surface area contributed by atoms with Gasteiger partial charge in [0.1, 0.15) is 13.1 Å². The van der Waals surface area contributed by atoms with Crippen molar-refractivity contribution in [2.45, 2.75) is 10.3 Å². The second-order valence-electron chi connectivity index (χ2n) is 5.72. The second-order valence-corrected chi connectivity index (χ2v) is 6.86. The molecule has 2 amide bonds. The number of methoxy groups -OCH3 is 1. The highest BCUT2D eigenvalue weighted by atomic mass is 32.2. The highest BCUT2D eigenvalue weighted by Gasteiger charge is 2.36. The van der Waals surface area contributed by atoms with Crippen molar-refractivity contribution < 1.29 is 24.0 Å². The van der Waals surface area contributed by atoms with Crippen molar-refractivity contribution >= 4 is 29.3 Å². The number of benzene rings is 1. The number of fused-ring (bicyclic) bond motifs is 1. The van der Waals surface area contributed by atoms with Gasteiger partial charge in [-0.3, -0.25) is 9.59 Å². The molecule has 1 unspecified atom stereocenters. The van der Waals surface area contributed by atoms with Gasteiger partial charge in [-0.2, -0.15) is 0 Å². The van der Waals surface area contributed by atoms with Crippen LogP contribution in [0, 0.1) is 0 Å².